The molecule has 1 saturated heterocycles. The molecule has 112 valence electrons. The molecule has 0 radical (unpaired) electrons. The highest BCUT2D eigenvalue weighted by atomic mass is 32.1. The Morgan fingerprint density at radius 1 is 1.45 bits per heavy atom. The first-order valence-corrected chi connectivity index (χ1v) is 8.19. The Bertz CT molecular complexity index is 452. The van der Waals surface area contributed by atoms with Crippen molar-refractivity contribution in [2.24, 2.45) is 5.92 Å². The monoisotopic (exact) mass is 296 g/mol. The van der Waals surface area contributed by atoms with Crippen LogP contribution in [0.25, 0.3) is 0 Å². The van der Waals surface area contributed by atoms with E-state index < -0.39 is 0 Å². The van der Waals surface area contributed by atoms with E-state index in [1.54, 1.807) is 0 Å². The van der Waals surface area contributed by atoms with Crippen LogP contribution in [0.5, 0.6) is 0 Å². The maximum absolute atomic E-state index is 12.1. The molecule has 0 aromatic carbocycles. The normalized spacial score (nSPS) is 15.1. The number of rotatable bonds is 6. The van der Waals surface area contributed by atoms with E-state index in [9.17, 15) is 4.79 Å². The molecule has 0 saturated carbocycles. The summed E-state index contributed by atoms with van der Waals surface area (Å²) in [6, 6.07) is 0. The van der Waals surface area contributed by atoms with Gasteiger partial charge in [-0.05, 0) is 31.6 Å². The highest BCUT2D eigenvalue weighted by Gasteiger charge is 2.21. The van der Waals surface area contributed by atoms with Crippen molar-refractivity contribution in [3.8, 4) is 0 Å². The Balaban J connectivity index is 1.89. The average molecular weight is 296 g/mol. The summed E-state index contributed by atoms with van der Waals surface area (Å²) >= 11 is 1.41. The number of amides is 1. The summed E-state index contributed by atoms with van der Waals surface area (Å²) in [4.78, 5) is 19.2. The number of thiazole rings is 1. The summed E-state index contributed by atoms with van der Waals surface area (Å²) < 4.78 is 0. The van der Waals surface area contributed by atoms with Gasteiger partial charge in [-0.15, -0.1) is 0 Å². The van der Waals surface area contributed by atoms with Crippen LogP contribution >= 0.6 is 11.3 Å². The molecule has 0 spiro atoms. The minimum absolute atomic E-state index is 0.0887. The van der Waals surface area contributed by atoms with Crippen LogP contribution in [-0.4, -0.2) is 30.5 Å². The lowest BCUT2D eigenvalue weighted by Crippen LogP contribution is -2.24. The quantitative estimate of drug-likeness (QED) is 0.791. The first-order chi connectivity index (χ1) is 9.58. The van der Waals surface area contributed by atoms with E-state index in [0.29, 0.717) is 23.2 Å². The lowest BCUT2D eigenvalue weighted by Gasteiger charge is -2.11. The van der Waals surface area contributed by atoms with Crippen molar-refractivity contribution in [2.45, 2.75) is 39.5 Å². The van der Waals surface area contributed by atoms with Crippen molar-refractivity contribution in [2.75, 3.05) is 30.3 Å². The number of nitrogens with zero attached hydrogens (tertiary/aromatic N) is 2. The zero-order chi connectivity index (χ0) is 14.5. The summed E-state index contributed by atoms with van der Waals surface area (Å²) in [5, 5.41) is 3.81. The SMILES string of the molecule is CC(C)CCCNC(=O)c1sc(N2CCCC2)nc1N. The Morgan fingerprint density at radius 2 is 2.15 bits per heavy atom. The van der Waals surface area contributed by atoms with Crippen molar-refractivity contribution >= 4 is 28.2 Å². The Kier molecular flexibility index (Phi) is 5.23. The van der Waals surface area contributed by atoms with Gasteiger partial charge in [0.25, 0.3) is 5.91 Å². The summed E-state index contributed by atoms with van der Waals surface area (Å²) in [5.41, 5.74) is 5.87. The van der Waals surface area contributed by atoms with Crippen molar-refractivity contribution in [3.05, 3.63) is 4.88 Å². The van der Waals surface area contributed by atoms with Gasteiger partial charge in [0, 0.05) is 19.6 Å². The first-order valence-electron chi connectivity index (χ1n) is 7.37. The molecule has 0 atom stereocenters. The number of hydrogen-bond acceptors (Lipinski definition) is 5. The van der Waals surface area contributed by atoms with Crippen LogP contribution in [-0.2, 0) is 0 Å². The number of nitrogen functional groups attached to an aromatic ring is 1. The molecule has 6 heteroatoms. The van der Waals surface area contributed by atoms with Gasteiger partial charge < -0.3 is 16.0 Å². The number of nitrogens with two attached hydrogens (primary N) is 1. The molecule has 0 aliphatic carbocycles. The van der Waals surface area contributed by atoms with E-state index in [-0.39, 0.29) is 5.91 Å². The zero-order valence-corrected chi connectivity index (χ0v) is 13.1. The van der Waals surface area contributed by atoms with Crippen molar-refractivity contribution in [1.29, 1.82) is 0 Å². The molecule has 2 rings (SSSR count). The maximum atomic E-state index is 12.1. The number of carbonyl (C=O) groups excluding carboxylic acids is 1. The molecule has 20 heavy (non-hydrogen) atoms. The van der Waals surface area contributed by atoms with E-state index >= 15 is 0 Å². The zero-order valence-electron chi connectivity index (χ0n) is 12.3. The summed E-state index contributed by atoms with van der Waals surface area (Å²) in [6.07, 6.45) is 4.50. The Hall–Kier alpha value is -1.30. The molecular formula is C14H24N4OS. The molecule has 0 unspecified atom stereocenters. The van der Waals surface area contributed by atoms with Gasteiger partial charge >= 0.3 is 0 Å². The molecule has 1 aliphatic heterocycles. The molecule has 1 aromatic heterocycles. The molecular weight excluding hydrogens is 272 g/mol. The third-order valence-corrected chi connectivity index (χ3v) is 4.60. The second-order valence-corrected chi connectivity index (χ2v) is 6.67. The smallest absolute Gasteiger partial charge is 0.265 e. The van der Waals surface area contributed by atoms with Crippen molar-refractivity contribution in [3.63, 3.8) is 0 Å². The highest BCUT2D eigenvalue weighted by molar-refractivity contribution is 7.18. The molecule has 1 fully saturated rings. The summed E-state index contributed by atoms with van der Waals surface area (Å²) in [7, 11) is 0. The van der Waals surface area contributed by atoms with E-state index in [2.05, 4.69) is 29.0 Å². The van der Waals surface area contributed by atoms with Gasteiger partial charge in [-0.1, -0.05) is 25.2 Å². The standard InChI is InChI=1S/C14H24N4OS/c1-10(2)6-5-7-16-13(19)11-12(15)17-14(20-11)18-8-3-4-9-18/h10H,3-9,15H2,1-2H3,(H,16,19). The molecule has 5 nitrogen and oxygen atoms in total. The van der Waals surface area contributed by atoms with Gasteiger partial charge in [0.1, 0.15) is 10.7 Å². The van der Waals surface area contributed by atoms with Crippen molar-refractivity contribution in [1.82, 2.24) is 10.3 Å². The molecule has 1 aromatic rings. The van der Waals surface area contributed by atoms with Crippen LogP contribution in [0.3, 0.4) is 0 Å². The number of aromatic nitrogens is 1. The van der Waals surface area contributed by atoms with Crippen LogP contribution in [0.2, 0.25) is 0 Å². The van der Waals surface area contributed by atoms with Crippen LogP contribution in [0.15, 0.2) is 0 Å². The molecule has 1 amide bonds. The minimum Gasteiger partial charge on any atom is -0.382 e. The van der Waals surface area contributed by atoms with Crippen LogP contribution in [0.1, 0.15) is 49.2 Å². The van der Waals surface area contributed by atoms with Crippen LogP contribution in [0, 0.1) is 5.92 Å². The van der Waals surface area contributed by atoms with Crippen molar-refractivity contribution < 1.29 is 4.79 Å². The van der Waals surface area contributed by atoms with Gasteiger partial charge in [-0.2, -0.15) is 0 Å². The fourth-order valence-electron chi connectivity index (χ4n) is 2.32. The molecule has 0 bridgehead atoms. The van der Waals surface area contributed by atoms with Gasteiger partial charge in [0.05, 0.1) is 0 Å². The molecule has 3 N–H and O–H groups in total. The van der Waals surface area contributed by atoms with E-state index in [1.807, 2.05) is 0 Å². The lowest BCUT2D eigenvalue weighted by atomic mass is 10.1. The number of carbonyl (C=O) groups is 1. The average Bonchev–Trinajstić information content (AvgIpc) is 3.02. The van der Waals surface area contributed by atoms with E-state index in [1.165, 1.54) is 24.2 Å². The number of nitrogens with one attached hydrogen (secondary N) is 1. The van der Waals surface area contributed by atoms with Gasteiger partial charge in [0.15, 0.2) is 5.13 Å². The summed E-state index contributed by atoms with van der Waals surface area (Å²) in [6.45, 7) is 7.11. The van der Waals surface area contributed by atoms with Gasteiger partial charge in [-0.3, -0.25) is 4.79 Å². The van der Waals surface area contributed by atoms with Gasteiger partial charge in [-0.25, -0.2) is 4.98 Å². The van der Waals surface area contributed by atoms with Gasteiger partial charge in [0.2, 0.25) is 0 Å². The molecule has 1 aliphatic rings. The highest BCUT2D eigenvalue weighted by Crippen LogP contribution is 2.30. The Morgan fingerprint density at radius 3 is 2.80 bits per heavy atom. The van der Waals surface area contributed by atoms with Crippen LogP contribution in [0.4, 0.5) is 10.9 Å². The fraction of sp³-hybridized carbons (Fsp3) is 0.714. The molecule has 2 heterocycles. The predicted octanol–water partition coefficient (Wildman–Crippen LogP) is 2.49. The topological polar surface area (TPSA) is 71.2 Å². The third-order valence-electron chi connectivity index (χ3n) is 3.47. The first kappa shape index (κ1) is 15.1. The predicted molar refractivity (Wildman–Crippen MR) is 84.4 cm³/mol. The maximum Gasteiger partial charge on any atom is 0.265 e. The fourth-order valence-corrected chi connectivity index (χ4v) is 3.27. The number of hydrogen-bond donors (Lipinski definition) is 2. The van der Waals surface area contributed by atoms with E-state index in [4.69, 9.17) is 5.73 Å². The number of anilines is 2. The lowest BCUT2D eigenvalue weighted by molar-refractivity contribution is 0.0957. The second-order valence-electron chi connectivity index (χ2n) is 5.70. The second kappa shape index (κ2) is 6.92. The van der Waals surface area contributed by atoms with Crippen LogP contribution < -0.4 is 16.0 Å². The van der Waals surface area contributed by atoms with E-state index in [0.717, 1.165) is 31.1 Å². The third kappa shape index (κ3) is 3.85. The largest absolute Gasteiger partial charge is 0.382 e. The summed E-state index contributed by atoms with van der Waals surface area (Å²) in [5.74, 6) is 0.939. The Labute approximate surface area is 124 Å². The minimum atomic E-state index is -0.0887.